The first kappa shape index (κ1) is 16.2. The smallest absolute Gasteiger partial charge is 0.264 e. The van der Waals surface area contributed by atoms with E-state index < -0.39 is 5.56 Å². The fourth-order valence-corrected chi connectivity index (χ4v) is 4.10. The van der Waals surface area contributed by atoms with Gasteiger partial charge in [-0.3, -0.25) is 9.59 Å². The van der Waals surface area contributed by atoms with Crippen molar-refractivity contribution in [3.8, 4) is 6.07 Å². The average Bonchev–Trinajstić information content (AvgIpc) is 3.20. The fraction of sp³-hybridized carbons (Fsp3) is 0.412. The minimum Gasteiger partial charge on any atom is -0.361 e. The lowest BCUT2D eigenvalue weighted by Crippen LogP contribution is -2.54. The molecule has 132 valence electrons. The summed E-state index contributed by atoms with van der Waals surface area (Å²) in [6.07, 6.45) is 8.13. The Bertz CT molecular complexity index is 933. The van der Waals surface area contributed by atoms with Gasteiger partial charge in [0.15, 0.2) is 5.69 Å². The molecule has 2 heterocycles. The molecule has 2 aliphatic carbocycles. The molecule has 2 bridgehead atoms. The Hall–Kier alpha value is -3.28. The van der Waals surface area contributed by atoms with Gasteiger partial charge in [-0.05, 0) is 31.6 Å². The molecule has 4 rings (SSSR count). The Balaban J connectivity index is 1.53. The van der Waals surface area contributed by atoms with E-state index in [2.05, 4.69) is 30.8 Å². The second kappa shape index (κ2) is 6.22. The van der Waals surface area contributed by atoms with E-state index in [0.29, 0.717) is 11.7 Å². The molecule has 0 saturated heterocycles. The largest absolute Gasteiger partial charge is 0.361 e. The molecule has 9 nitrogen and oxygen atoms in total. The van der Waals surface area contributed by atoms with Crippen LogP contribution in [-0.2, 0) is 0 Å². The predicted molar refractivity (Wildman–Crippen MR) is 91.2 cm³/mol. The fourth-order valence-electron chi connectivity index (χ4n) is 4.10. The molecular formula is C17H17N7O2. The number of fused-ring (bicyclic) bond motifs is 2. The maximum Gasteiger partial charge on any atom is 0.264 e. The predicted octanol–water partition coefficient (Wildman–Crippen LogP) is 0.585. The summed E-state index contributed by atoms with van der Waals surface area (Å²) >= 11 is 0. The summed E-state index contributed by atoms with van der Waals surface area (Å²) in [5.74, 6) is 0.813. The van der Waals surface area contributed by atoms with Gasteiger partial charge < -0.3 is 10.6 Å². The Morgan fingerprint density at radius 2 is 2.23 bits per heavy atom. The van der Waals surface area contributed by atoms with Crippen LogP contribution in [0.15, 0.2) is 29.5 Å². The molecule has 3 N–H and O–H groups in total. The van der Waals surface area contributed by atoms with Crippen LogP contribution in [0.1, 0.15) is 41.7 Å². The minimum absolute atomic E-state index is 0.0783. The quantitative estimate of drug-likeness (QED) is 0.733. The van der Waals surface area contributed by atoms with E-state index in [1.54, 1.807) is 6.20 Å². The number of H-pyrrole nitrogens is 1. The standard InChI is InChI=1S/C17H17N7O2/c18-6-12-8-20-14(9-19-12)23-17-2-1-10(5-17)3-13(17)22-16(26)11-4-15(25)24-21-7-11/h4,7-10,13H,1-3,5H2,(H,20,23)(H,22,26)(H,24,25). The van der Waals surface area contributed by atoms with Crippen molar-refractivity contribution < 1.29 is 4.79 Å². The molecule has 0 radical (unpaired) electrons. The van der Waals surface area contributed by atoms with Gasteiger partial charge in [0.25, 0.3) is 11.5 Å². The molecule has 3 unspecified atom stereocenters. The highest BCUT2D eigenvalue weighted by molar-refractivity contribution is 5.94. The Morgan fingerprint density at radius 3 is 2.92 bits per heavy atom. The van der Waals surface area contributed by atoms with Gasteiger partial charge in [0.05, 0.1) is 35.7 Å². The van der Waals surface area contributed by atoms with Crippen molar-refractivity contribution in [3.63, 3.8) is 0 Å². The SMILES string of the molecule is N#Cc1cnc(NC23CCC(CC2NC(=O)c2cn[nH]c(=O)c2)C3)cn1. The van der Waals surface area contributed by atoms with E-state index in [9.17, 15) is 9.59 Å². The molecule has 9 heteroatoms. The number of anilines is 1. The maximum atomic E-state index is 12.5. The molecule has 2 aromatic heterocycles. The van der Waals surface area contributed by atoms with E-state index >= 15 is 0 Å². The number of hydrogen-bond donors (Lipinski definition) is 3. The van der Waals surface area contributed by atoms with Crippen LogP contribution in [0.3, 0.4) is 0 Å². The van der Waals surface area contributed by atoms with Crippen LogP contribution in [0, 0.1) is 17.2 Å². The molecule has 2 saturated carbocycles. The highest BCUT2D eigenvalue weighted by atomic mass is 16.2. The first-order chi connectivity index (χ1) is 12.6. The number of nitrogens with one attached hydrogen (secondary N) is 3. The third kappa shape index (κ3) is 2.90. The average molecular weight is 351 g/mol. The number of rotatable bonds is 4. The summed E-state index contributed by atoms with van der Waals surface area (Å²) < 4.78 is 0. The van der Waals surface area contributed by atoms with Crippen molar-refractivity contribution in [2.24, 2.45) is 5.92 Å². The number of nitriles is 1. The Labute approximate surface area is 148 Å². The second-order valence-corrected chi connectivity index (χ2v) is 6.88. The van der Waals surface area contributed by atoms with Gasteiger partial charge in [-0.2, -0.15) is 10.4 Å². The summed E-state index contributed by atoms with van der Waals surface area (Å²) in [6.45, 7) is 0. The Morgan fingerprint density at radius 1 is 1.35 bits per heavy atom. The molecule has 26 heavy (non-hydrogen) atoms. The summed E-state index contributed by atoms with van der Waals surface area (Å²) in [4.78, 5) is 32.2. The van der Waals surface area contributed by atoms with E-state index in [0.717, 1.165) is 25.7 Å². The van der Waals surface area contributed by atoms with Gasteiger partial charge in [-0.1, -0.05) is 0 Å². The van der Waals surface area contributed by atoms with Crippen molar-refractivity contribution in [1.29, 1.82) is 5.26 Å². The summed E-state index contributed by atoms with van der Waals surface area (Å²) in [7, 11) is 0. The zero-order valence-electron chi connectivity index (χ0n) is 13.9. The van der Waals surface area contributed by atoms with Crippen LogP contribution in [0.5, 0.6) is 0 Å². The van der Waals surface area contributed by atoms with Gasteiger partial charge in [0.2, 0.25) is 0 Å². The lowest BCUT2D eigenvalue weighted by molar-refractivity contribution is 0.0918. The number of aromatic amines is 1. The highest BCUT2D eigenvalue weighted by Gasteiger charge is 2.53. The lowest BCUT2D eigenvalue weighted by Gasteiger charge is -2.36. The Kier molecular flexibility index (Phi) is 3.88. The van der Waals surface area contributed by atoms with Gasteiger partial charge in [0.1, 0.15) is 11.9 Å². The van der Waals surface area contributed by atoms with Crippen molar-refractivity contribution in [3.05, 3.63) is 46.3 Å². The zero-order chi connectivity index (χ0) is 18.1. The third-order valence-electron chi connectivity index (χ3n) is 5.26. The normalized spacial score (nSPS) is 26.3. The van der Waals surface area contributed by atoms with Crippen LogP contribution >= 0.6 is 0 Å². The van der Waals surface area contributed by atoms with Gasteiger partial charge >= 0.3 is 0 Å². The molecule has 1 amide bonds. The first-order valence-corrected chi connectivity index (χ1v) is 8.44. The number of carbonyl (C=O) groups excluding carboxylic acids is 1. The minimum atomic E-state index is -0.411. The van der Waals surface area contributed by atoms with Crippen molar-refractivity contribution in [2.75, 3.05) is 5.32 Å². The van der Waals surface area contributed by atoms with Crippen molar-refractivity contribution in [1.82, 2.24) is 25.5 Å². The molecule has 2 aromatic rings. The third-order valence-corrected chi connectivity index (χ3v) is 5.26. The molecule has 0 aliphatic heterocycles. The molecule has 0 aromatic carbocycles. The summed E-state index contributed by atoms with van der Waals surface area (Å²) in [5, 5.41) is 21.2. The van der Waals surface area contributed by atoms with Crippen molar-refractivity contribution >= 4 is 11.7 Å². The second-order valence-electron chi connectivity index (χ2n) is 6.88. The van der Waals surface area contributed by atoms with Crippen LogP contribution < -0.4 is 16.2 Å². The molecule has 0 spiro atoms. The number of amides is 1. The van der Waals surface area contributed by atoms with Crippen LogP contribution in [0.2, 0.25) is 0 Å². The number of hydrogen-bond acceptors (Lipinski definition) is 7. The van der Waals surface area contributed by atoms with Crippen LogP contribution in [-0.4, -0.2) is 37.7 Å². The summed E-state index contributed by atoms with van der Waals surface area (Å²) in [6, 6.07) is 3.10. The van der Waals surface area contributed by atoms with Crippen molar-refractivity contribution in [2.45, 2.75) is 37.3 Å². The van der Waals surface area contributed by atoms with E-state index in [4.69, 9.17) is 5.26 Å². The zero-order valence-corrected chi connectivity index (χ0v) is 13.9. The first-order valence-electron chi connectivity index (χ1n) is 8.44. The van der Waals surface area contributed by atoms with Gasteiger partial charge in [-0.15, -0.1) is 0 Å². The molecule has 3 atom stereocenters. The van der Waals surface area contributed by atoms with Gasteiger partial charge in [0, 0.05) is 6.07 Å². The molecule has 2 fully saturated rings. The van der Waals surface area contributed by atoms with E-state index in [-0.39, 0.29) is 28.7 Å². The van der Waals surface area contributed by atoms with Gasteiger partial charge in [-0.25, -0.2) is 15.1 Å². The number of carbonyl (C=O) groups is 1. The number of nitrogens with zero attached hydrogens (tertiary/aromatic N) is 4. The topological polar surface area (TPSA) is 136 Å². The monoisotopic (exact) mass is 351 g/mol. The van der Waals surface area contributed by atoms with E-state index in [1.807, 2.05) is 6.07 Å². The molecule has 2 aliphatic rings. The van der Waals surface area contributed by atoms with Crippen LogP contribution in [0.25, 0.3) is 0 Å². The maximum absolute atomic E-state index is 12.5. The highest BCUT2D eigenvalue weighted by Crippen LogP contribution is 2.49. The van der Waals surface area contributed by atoms with E-state index in [1.165, 1.54) is 18.5 Å². The summed E-state index contributed by atoms with van der Waals surface area (Å²) in [5.41, 5.74) is -0.204. The number of aromatic nitrogens is 4. The molecular weight excluding hydrogens is 334 g/mol. The lowest BCUT2D eigenvalue weighted by atomic mass is 9.88. The van der Waals surface area contributed by atoms with Crippen LogP contribution in [0.4, 0.5) is 5.82 Å².